The van der Waals surface area contributed by atoms with Gasteiger partial charge in [0, 0.05) is 37.6 Å². The Morgan fingerprint density at radius 1 is 1.37 bits per heavy atom. The van der Waals surface area contributed by atoms with Crippen LogP contribution in [-0.2, 0) is 11.2 Å². The minimum Gasteiger partial charge on any atom is -0.342 e. The Kier molecular flexibility index (Phi) is 3.23. The Balaban J connectivity index is 1.70. The van der Waals surface area contributed by atoms with Gasteiger partial charge in [-0.3, -0.25) is 4.79 Å². The maximum atomic E-state index is 12.3. The molecule has 3 heterocycles. The first-order chi connectivity index (χ1) is 9.24. The third kappa shape index (κ3) is 2.48. The summed E-state index contributed by atoms with van der Waals surface area (Å²) in [5.74, 6) is 0.344. The molecule has 1 amide bonds. The molecule has 0 N–H and O–H groups in total. The number of amides is 1. The molecule has 2 aromatic rings. The average Bonchev–Trinajstić information content (AvgIpc) is 3.08. The number of carbonyl (C=O) groups is 1. The molecule has 2 aromatic heterocycles. The molecule has 0 aliphatic carbocycles. The van der Waals surface area contributed by atoms with E-state index in [1.165, 1.54) is 5.56 Å². The maximum absolute atomic E-state index is 12.3. The Hall–Kier alpha value is -1.84. The SMILES string of the molecule is CC(Cc1ccn2ccnc2c1)C(=O)N1CCCC1. The van der Waals surface area contributed by atoms with Crippen molar-refractivity contribution in [1.29, 1.82) is 0 Å². The highest BCUT2D eigenvalue weighted by Gasteiger charge is 2.23. The van der Waals surface area contributed by atoms with Crippen molar-refractivity contribution in [1.82, 2.24) is 14.3 Å². The number of imidazole rings is 1. The third-order valence-electron chi connectivity index (χ3n) is 3.84. The van der Waals surface area contributed by atoms with E-state index in [9.17, 15) is 4.79 Å². The van der Waals surface area contributed by atoms with E-state index in [1.54, 1.807) is 6.20 Å². The van der Waals surface area contributed by atoms with Crippen LogP contribution < -0.4 is 0 Å². The lowest BCUT2D eigenvalue weighted by Crippen LogP contribution is -2.33. The van der Waals surface area contributed by atoms with Crippen molar-refractivity contribution in [3.63, 3.8) is 0 Å². The van der Waals surface area contributed by atoms with Gasteiger partial charge in [-0.1, -0.05) is 6.92 Å². The molecule has 1 aliphatic rings. The van der Waals surface area contributed by atoms with E-state index in [-0.39, 0.29) is 5.92 Å². The smallest absolute Gasteiger partial charge is 0.225 e. The molecule has 4 nitrogen and oxygen atoms in total. The number of nitrogens with zero attached hydrogens (tertiary/aromatic N) is 3. The minimum atomic E-state index is 0.0514. The first-order valence-electron chi connectivity index (χ1n) is 6.94. The second kappa shape index (κ2) is 5.03. The van der Waals surface area contributed by atoms with Crippen molar-refractivity contribution in [2.45, 2.75) is 26.2 Å². The lowest BCUT2D eigenvalue weighted by atomic mass is 10.0. The van der Waals surface area contributed by atoms with Crippen LogP contribution in [0, 0.1) is 5.92 Å². The fraction of sp³-hybridized carbons (Fsp3) is 0.467. The second-order valence-corrected chi connectivity index (χ2v) is 5.37. The zero-order valence-electron chi connectivity index (χ0n) is 11.2. The van der Waals surface area contributed by atoms with E-state index in [2.05, 4.69) is 17.1 Å². The van der Waals surface area contributed by atoms with Crippen molar-refractivity contribution in [3.8, 4) is 0 Å². The van der Waals surface area contributed by atoms with E-state index in [1.807, 2.05) is 28.6 Å². The minimum absolute atomic E-state index is 0.0514. The Morgan fingerprint density at radius 2 is 2.16 bits per heavy atom. The van der Waals surface area contributed by atoms with Crippen molar-refractivity contribution in [3.05, 3.63) is 36.3 Å². The van der Waals surface area contributed by atoms with Gasteiger partial charge in [0.2, 0.25) is 5.91 Å². The summed E-state index contributed by atoms with van der Waals surface area (Å²) in [7, 11) is 0. The Bertz CT molecular complexity index is 584. The van der Waals surface area contributed by atoms with Crippen LogP contribution in [0.15, 0.2) is 30.7 Å². The van der Waals surface area contributed by atoms with Crippen LogP contribution in [0.1, 0.15) is 25.3 Å². The van der Waals surface area contributed by atoms with Crippen molar-refractivity contribution >= 4 is 11.6 Å². The number of hydrogen-bond donors (Lipinski definition) is 0. The molecule has 0 spiro atoms. The maximum Gasteiger partial charge on any atom is 0.225 e. The summed E-state index contributed by atoms with van der Waals surface area (Å²) in [4.78, 5) is 18.5. The fourth-order valence-electron chi connectivity index (χ4n) is 2.77. The highest BCUT2D eigenvalue weighted by Crippen LogP contribution is 2.16. The molecule has 1 saturated heterocycles. The van der Waals surface area contributed by atoms with E-state index >= 15 is 0 Å². The van der Waals surface area contributed by atoms with E-state index < -0.39 is 0 Å². The monoisotopic (exact) mass is 257 g/mol. The molecular formula is C15H19N3O. The largest absolute Gasteiger partial charge is 0.342 e. The predicted octanol–water partition coefficient (Wildman–Crippen LogP) is 2.14. The summed E-state index contributed by atoms with van der Waals surface area (Å²) >= 11 is 0. The third-order valence-corrected chi connectivity index (χ3v) is 3.84. The van der Waals surface area contributed by atoms with Gasteiger partial charge >= 0.3 is 0 Å². The second-order valence-electron chi connectivity index (χ2n) is 5.37. The van der Waals surface area contributed by atoms with Crippen LogP contribution in [0.5, 0.6) is 0 Å². The molecule has 1 unspecified atom stereocenters. The van der Waals surface area contributed by atoms with Crippen LogP contribution >= 0.6 is 0 Å². The highest BCUT2D eigenvalue weighted by molar-refractivity contribution is 5.79. The van der Waals surface area contributed by atoms with Crippen LogP contribution in [0.25, 0.3) is 5.65 Å². The normalized spacial score (nSPS) is 17.0. The van der Waals surface area contributed by atoms with Crippen LogP contribution in [0.2, 0.25) is 0 Å². The molecule has 3 rings (SSSR count). The Morgan fingerprint density at radius 3 is 2.95 bits per heavy atom. The topological polar surface area (TPSA) is 37.6 Å². The van der Waals surface area contributed by atoms with E-state index in [0.29, 0.717) is 5.91 Å². The molecule has 1 atom stereocenters. The first kappa shape index (κ1) is 12.2. The van der Waals surface area contributed by atoms with Crippen LogP contribution in [0.3, 0.4) is 0 Å². The lowest BCUT2D eigenvalue weighted by molar-refractivity contribution is -0.133. The van der Waals surface area contributed by atoms with E-state index in [0.717, 1.165) is 38.0 Å². The fourth-order valence-corrected chi connectivity index (χ4v) is 2.77. The van der Waals surface area contributed by atoms with Gasteiger partial charge in [0.25, 0.3) is 0 Å². The number of aromatic nitrogens is 2. The molecule has 19 heavy (non-hydrogen) atoms. The van der Waals surface area contributed by atoms with Crippen LogP contribution in [0.4, 0.5) is 0 Å². The molecule has 4 heteroatoms. The zero-order chi connectivity index (χ0) is 13.2. The summed E-state index contributed by atoms with van der Waals surface area (Å²) in [6.07, 6.45) is 8.82. The molecule has 0 saturated carbocycles. The molecule has 1 fully saturated rings. The quantitative estimate of drug-likeness (QED) is 0.844. The van der Waals surface area contributed by atoms with E-state index in [4.69, 9.17) is 0 Å². The van der Waals surface area contributed by atoms with Gasteiger partial charge in [0.15, 0.2) is 0 Å². The predicted molar refractivity (Wildman–Crippen MR) is 73.9 cm³/mol. The number of fused-ring (bicyclic) bond motifs is 1. The highest BCUT2D eigenvalue weighted by atomic mass is 16.2. The summed E-state index contributed by atoms with van der Waals surface area (Å²) in [5, 5.41) is 0. The summed E-state index contributed by atoms with van der Waals surface area (Å²) in [5.41, 5.74) is 2.12. The van der Waals surface area contributed by atoms with Gasteiger partial charge in [-0.15, -0.1) is 0 Å². The van der Waals surface area contributed by atoms with Gasteiger partial charge in [0.05, 0.1) is 0 Å². The van der Waals surface area contributed by atoms with Gasteiger partial charge in [-0.2, -0.15) is 0 Å². The van der Waals surface area contributed by atoms with Gasteiger partial charge in [0.1, 0.15) is 5.65 Å². The molecule has 1 aliphatic heterocycles. The number of likely N-dealkylation sites (tertiary alicyclic amines) is 1. The summed E-state index contributed by atoms with van der Waals surface area (Å²) in [6, 6.07) is 4.14. The van der Waals surface area contributed by atoms with Gasteiger partial charge in [-0.25, -0.2) is 4.98 Å². The lowest BCUT2D eigenvalue weighted by Gasteiger charge is -2.20. The van der Waals surface area contributed by atoms with Gasteiger partial charge < -0.3 is 9.30 Å². The first-order valence-corrected chi connectivity index (χ1v) is 6.94. The number of carbonyl (C=O) groups excluding carboxylic acids is 1. The van der Waals surface area contributed by atoms with Crippen LogP contribution in [-0.4, -0.2) is 33.3 Å². The van der Waals surface area contributed by atoms with Crippen molar-refractivity contribution < 1.29 is 4.79 Å². The van der Waals surface area contributed by atoms with Crippen molar-refractivity contribution in [2.75, 3.05) is 13.1 Å². The summed E-state index contributed by atoms with van der Waals surface area (Å²) in [6.45, 7) is 3.89. The standard InChI is InChI=1S/C15H19N3O/c1-12(15(19)18-6-2-3-7-18)10-13-4-8-17-9-5-16-14(17)11-13/h4-5,8-9,11-12H,2-3,6-7,10H2,1H3. The molecule has 0 bridgehead atoms. The molecular weight excluding hydrogens is 238 g/mol. The number of hydrogen-bond acceptors (Lipinski definition) is 2. The number of pyridine rings is 1. The molecule has 0 radical (unpaired) electrons. The zero-order valence-corrected chi connectivity index (χ0v) is 11.2. The average molecular weight is 257 g/mol. The molecule has 0 aromatic carbocycles. The van der Waals surface area contributed by atoms with Crippen molar-refractivity contribution in [2.24, 2.45) is 5.92 Å². The van der Waals surface area contributed by atoms with Gasteiger partial charge in [-0.05, 0) is 37.0 Å². The number of rotatable bonds is 3. The molecule has 100 valence electrons. The Labute approximate surface area is 113 Å². The summed E-state index contributed by atoms with van der Waals surface area (Å²) < 4.78 is 1.98.